The lowest BCUT2D eigenvalue weighted by Gasteiger charge is -2.20. The first-order valence-corrected chi connectivity index (χ1v) is 5.59. The first-order chi connectivity index (χ1) is 7.67. The van der Waals surface area contributed by atoms with Crippen LogP contribution in [-0.4, -0.2) is 20.8 Å². The molecule has 1 aromatic rings. The van der Waals surface area contributed by atoms with Gasteiger partial charge in [-0.1, -0.05) is 19.1 Å². The molecule has 2 nitrogen and oxygen atoms in total. The molecule has 1 N–H and O–H groups in total. The molecule has 0 saturated heterocycles. The lowest BCUT2D eigenvalue weighted by Crippen LogP contribution is -2.20. The summed E-state index contributed by atoms with van der Waals surface area (Å²) in [5.74, 6) is 0.288. The fraction of sp³-hybridized carbons (Fsp3) is 0.538. The number of rotatable bonds is 6. The Morgan fingerprint density at radius 2 is 1.94 bits per heavy atom. The van der Waals surface area contributed by atoms with E-state index in [1.54, 1.807) is 7.11 Å². The number of nitrogens with one attached hydrogen (secondary N) is 1. The zero-order valence-electron chi connectivity index (χ0n) is 10.2. The minimum absolute atomic E-state index is 0.191. The van der Waals surface area contributed by atoms with Gasteiger partial charge in [-0.05, 0) is 37.1 Å². The summed E-state index contributed by atoms with van der Waals surface area (Å²) in [7, 11) is 3.64. The van der Waals surface area contributed by atoms with Gasteiger partial charge in [0, 0.05) is 19.8 Å². The Morgan fingerprint density at radius 3 is 2.44 bits per heavy atom. The Bertz CT molecular complexity index is 299. The van der Waals surface area contributed by atoms with Crippen molar-refractivity contribution in [2.75, 3.05) is 20.8 Å². The molecule has 1 rings (SSSR count). The lowest BCUT2D eigenvalue weighted by atomic mass is 9.96. The summed E-state index contributed by atoms with van der Waals surface area (Å²) in [6.45, 7) is 2.90. The predicted molar refractivity (Wildman–Crippen MR) is 63.9 cm³/mol. The van der Waals surface area contributed by atoms with Gasteiger partial charge >= 0.3 is 0 Å². The summed E-state index contributed by atoms with van der Waals surface area (Å²) in [6, 6.07) is 6.92. The Balaban J connectivity index is 2.63. The Kier molecular flexibility index (Phi) is 5.43. The van der Waals surface area contributed by atoms with Crippen molar-refractivity contribution in [2.24, 2.45) is 5.92 Å². The van der Waals surface area contributed by atoms with Crippen LogP contribution in [0.3, 0.4) is 0 Å². The van der Waals surface area contributed by atoms with E-state index in [0.717, 1.165) is 18.6 Å². The van der Waals surface area contributed by atoms with Crippen LogP contribution in [0.5, 0.6) is 0 Å². The summed E-state index contributed by atoms with van der Waals surface area (Å²) >= 11 is 0. The number of methoxy groups -OCH3 is 1. The van der Waals surface area contributed by atoms with Crippen LogP contribution in [-0.2, 0) is 4.74 Å². The third kappa shape index (κ3) is 3.91. The maximum Gasteiger partial charge on any atom is 0.123 e. The summed E-state index contributed by atoms with van der Waals surface area (Å²) in [5.41, 5.74) is 1.12. The summed E-state index contributed by atoms with van der Waals surface area (Å²) in [4.78, 5) is 0. The van der Waals surface area contributed by atoms with Crippen molar-refractivity contribution >= 4 is 0 Å². The number of halogens is 1. The molecule has 0 aliphatic heterocycles. The van der Waals surface area contributed by atoms with Crippen LogP contribution in [0.4, 0.5) is 4.39 Å². The smallest absolute Gasteiger partial charge is 0.123 e. The highest BCUT2D eigenvalue weighted by Gasteiger charge is 2.13. The maximum atomic E-state index is 12.8. The van der Waals surface area contributed by atoms with Gasteiger partial charge in [-0.15, -0.1) is 0 Å². The highest BCUT2D eigenvalue weighted by Crippen LogP contribution is 2.21. The van der Waals surface area contributed by atoms with Gasteiger partial charge in [0.15, 0.2) is 0 Å². The summed E-state index contributed by atoms with van der Waals surface area (Å²) < 4.78 is 17.9. The SMILES string of the molecule is CNC(CC(C)COC)c1ccc(F)cc1. The second kappa shape index (κ2) is 6.61. The monoisotopic (exact) mass is 225 g/mol. The number of hydrogen-bond donors (Lipinski definition) is 1. The van der Waals surface area contributed by atoms with Gasteiger partial charge in [0.2, 0.25) is 0 Å². The Labute approximate surface area is 96.8 Å². The quantitative estimate of drug-likeness (QED) is 0.803. The molecule has 0 aliphatic rings. The largest absolute Gasteiger partial charge is 0.384 e. The molecule has 0 radical (unpaired) electrons. The second-order valence-electron chi connectivity index (χ2n) is 4.19. The second-order valence-corrected chi connectivity index (χ2v) is 4.19. The van der Waals surface area contributed by atoms with Gasteiger partial charge in [-0.25, -0.2) is 4.39 Å². The van der Waals surface area contributed by atoms with Crippen molar-refractivity contribution in [2.45, 2.75) is 19.4 Å². The molecule has 1 aromatic carbocycles. The van der Waals surface area contributed by atoms with Crippen molar-refractivity contribution in [1.29, 1.82) is 0 Å². The van der Waals surface area contributed by atoms with Gasteiger partial charge < -0.3 is 10.1 Å². The first kappa shape index (κ1) is 13.1. The Hall–Kier alpha value is -0.930. The third-order valence-electron chi connectivity index (χ3n) is 2.71. The van der Waals surface area contributed by atoms with Crippen LogP contribution in [0.25, 0.3) is 0 Å². The predicted octanol–water partition coefficient (Wildman–Crippen LogP) is 2.76. The highest BCUT2D eigenvalue weighted by atomic mass is 19.1. The van der Waals surface area contributed by atoms with Gasteiger partial charge in [0.05, 0.1) is 0 Å². The van der Waals surface area contributed by atoms with Crippen LogP contribution in [0, 0.1) is 11.7 Å². The van der Waals surface area contributed by atoms with Crippen LogP contribution in [0.15, 0.2) is 24.3 Å². The van der Waals surface area contributed by atoms with Crippen LogP contribution >= 0.6 is 0 Å². The van der Waals surface area contributed by atoms with E-state index in [2.05, 4.69) is 12.2 Å². The molecule has 3 heteroatoms. The van der Waals surface area contributed by atoms with Gasteiger partial charge in [-0.3, -0.25) is 0 Å². The molecule has 0 heterocycles. The topological polar surface area (TPSA) is 21.3 Å². The molecule has 16 heavy (non-hydrogen) atoms. The first-order valence-electron chi connectivity index (χ1n) is 5.59. The average Bonchev–Trinajstić information content (AvgIpc) is 2.27. The zero-order chi connectivity index (χ0) is 12.0. The standard InChI is InChI=1S/C13H20FNO/c1-10(9-16-3)8-13(15-2)11-4-6-12(14)7-5-11/h4-7,10,13,15H,8-9H2,1-3H3. The molecule has 2 unspecified atom stereocenters. The normalized spacial score (nSPS) is 14.8. The highest BCUT2D eigenvalue weighted by molar-refractivity contribution is 5.19. The molecular weight excluding hydrogens is 205 g/mol. The molecular formula is C13H20FNO. The maximum absolute atomic E-state index is 12.8. The average molecular weight is 225 g/mol. The van der Waals surface area contributed by atoms with E-state index in [9.17, 15) is 4.39 Å². The molecule has 0 aromatic heterocycles. The zero-order valence-corrected chi connectivity index (χ0v) is 10.2. The van der Waals surface area contributed by atoms with Crippen molar-refractivity contribution in [3.8, 4) is 0 Å². The third-order valence-corrected chi connectivity index (χ3v) is 2.71. The van der Waals surface area contributed by atoms with Gasteiger partial charge in [0.25, 0.3) is 0 Å². The number of hydrogen-bond acceptors (Lipinski definition) is 2. The number of benzene rings is 1. The summed E-state index contributed by atoms with van der Waals surface area (Å²) in [5, 5.41) is 3.25. The van der Waals surface area contributed by atoms with Crippen molar-refractivity contribution in [3.05, 3.63) is 35.6 Å². The van der Waals surface area contributed by atoms with E-state index < -0.39 is 0 Å². The van der Waals surface area contributed by atoms with E-state index in [0.29, 0.717) is 5.92 Å². The van der Waals surface area contributed by atoms with Gasteiger partial charge in [0.1, 0.15) is 5.82 Å². The van der Waals surface area contributed by atoms with E-state index in [1.165, 1.54) is 12.1 Å². The molecule has 0 aliphatic carbocycles. The summed E-state index contributed by atoms with van der Waals surface area (Å²) in [6.07, 6.45) is 0.982. The van der Waals surface area contributed by atoms with E-state index >= 15 is 0 Å². The Morgan fingerprint density at radius 1 is 1.31 bits per heavy atom. The van der Waals surface area contributed by atoms with Crippen molar-refractivity contribution in [1.82, 2.24) is 5.32 Å². The van der Waals surface area contributed by atoms with Crippen molar-refractivity contribution < 1.29 is 9.13 Å². The molecule has 0 amide bonds. The molecule has 0 saturated carbocycles. The van der Waals surface area contributed by atoms with E-state index in [4.69, 9.17) is 4.74 Å². The van der Waals surface area contributed by atoms with E-state index in [-0.39, 0.29) is 11.9 Å². The van der Waals surface area contributed by atoms with Gasteiger partial charge in [-0.2, -0.15) is 0 Å². The minimum Gasteiger partial charge on any atom is -0.384 e. The molecule has 90 valence electrons. The fourth-order valence-corrected chi connectivity index (χ4v) is 1.87. The minimum atomic E-state index is -0.191. The van der Waals surface area contributed by atoms with Crippen LogP contribution < -0.4 is 5.32 Å². The van der Waals surface area contributed by atoms with Crippen LogP contribution in [0.1, 0.15) is 24.9 Å². The molecule has 2 atom stereocenters. The number of ether oxygens (including phenoxy) is 1. The lowest BCUT2D eigenvalue weighted by molar-refractivity contribution is 0.150. The van der Waals surface area contributed by atoms with E-state index in [1.807, 2.05) is 19.2 Å². The fourth-order valence-electron chi connectivity index (χ4n) is 1.87. The molecule has 0 spiro atoms. The molecule has 0 bridgehead atoms. The van der Waals surface area contributed by atoms with Crippen LogP contribution in [0.2, 0.25) is 0 Å². The van der Waals surface area contributed by atoms with Crippen molar-refractivity contribution in [3.63, 3.8) is 0 Å². The molecule has 0 fully saturated rings.